The molecular formula is C21H14ClFN4O2S2. The molecule has 0 spiro atoms. The lowest BCUT2D eigenvalue weighted by Gasteiger charge is -2.11. The van der Waals surface area contributed by atoms with Gasteiger partial charge in [0.1, 0.15) is 22.2 Å². The molecule has 0 unspecified atom stereocenters. The highest BCUT2D eigenvalue weighted by molar-refractivity contribution is 7.18. The molecular weight excluding hydrogens is 459 g/mol. The van der Waals surface area contributed by atoms with Crippen molar-refractivity contribution in [3.63, 3.8) is 0 Å². The summed E-state index contributed by atoms with van der Waals surface area (Å²) >= 11 is 3.02. The fraction of sp³-hybridized carbons (Fsp3) is 0.0476. The Hall–Kier alpha value is -3.14. The number of fused-ring (bicyclic) bond motifs is 1. The number of hydrogen-bond acceptors (Lipinski definition) is 7. The SMILES string of the molecule is CC1=C(Nc2nc(-c3cccc(F)c3)nc3scc(-c4cccs4)c23)C(=O)NC1=O.Cl. The van der Waals surface area contributed by atoms with Crippen LogP contribution in [-0.2, 0) is 9.59 Å². The van der Waals surface area contributed by atoms with Crippen LogP contribution in [0, 0.1) is 5.82 Å². The van der Waals surface area contributed by atoms with E-state index in [0.717, 1.165) is 15.8 Å². The fourth-order valence-electron chi connectivity index (χ4n) is 3.21. The summed E-state index contributed by atoms with van der Waals surface area (Å²) in [6, 6.07) is 9.96. The molecule has 0 aliphatic carbocycles. The van der Waals surface area contributed by atoms with Gasteiger partial charge in [0.2, 0.25) is 0 Å². The Bertz CT molecular complexity index is 1370. The summed E-state index contributed by atoms with van der Waals surface area (Å²) in [5, 5.41) is 10.0. The van der Waals surface area contributed by atoms with Crippen LogP contribution in [0.4, 0.5) is 10.2 Å². The minimum atomic E-state index is -0.510. The molecule has 5 rings (SSSR count). The second-order valence-electron chi connectivity index (χ2n) is 6.62. The number of thiophene rings is 2. The van der Waals surface area contributed by atoms with E-state index < -0.39 is 17.6 Å². The van der Waals surface area contributed by atoms with Crippen molar-refractivity contribution in [3.8, 4) is 21.8 Å². The summed E-state index contributed by atoms with van der Waals surface area (Å²) in [5.41, 5.74) is 1.88. The van der Waals surface area contributed by atoms with Crippen LogP contribution in [0.3, 0.4) is 0 Å². The van der Waals surface area contributed by atoms with Gasteiger partial charge in [0.25, 0.3) is 11.8 Å². The van der Waals surface area contributed by atoms with Crippen LogP contribution < -0.4 is 10.6 Å². The van der Waals surface area contributed by atoms with Gasteiger partial charge in [-0.1, -0.05) is 18.2 Å². The molecule has 31 heavy (non-hydrogen) atoms. The summed E-state index contributed by atoms with van der Waals surface area (Å²) in [5.74, 6) is -0.628. The van der Waals surface area contributed by atoms with Crippen LogP contribution in [-0.4, -0.2) is 21.8 Å². The first kappa shape index (κ1) is 21.1. The molecule has 2 N–H and O–H groups in total. The molecule has 1 aliphatic rings. The van der Waals surface area contributed by atoms with Crippen LogP contribution in [0.5, 0.6) is 0 Å². The number of halogens is 2. The van der Waals surface area contributed by atoms with Gasteiger partial charge in [-0.2, -0.15) is 0 Å². The maximum atomic E-state index is 13.8. The van der Waals surface area contributed by atoms with E-state index in [1.54, 1.807) is 30.4 Å². The molecule has 0 radical (unpaired) electrons. The van der Waals surface area contributed by atoms with Gasteiger partial charge >= 0.3 is 0 Å². The Morgan fingerprint density at radius 2 is 1.90 bits per heavy atom. The highest BCUT2D eigenvalue weighted by atomic mass is 35.5. The third-order valence-corrected chi connectivity index (χ3v) is 6.49. The number of carbonyl (C=O) groups is 2. The molecule has 0 atom stereocenters. The number of aromatic nitrogens is 2. The number of anilines is 1. The third kappa shape index (κ3) is 3.71. The summed E-state index contributed by atoms with van der Waals surface area (Å²) in [6.07, 6.45) is 0. The quantitative estimate of drug-likeness (QED) is 0.409. The lowest BCUT2D eigenvalue weighted by Crippen LogP contribution is -2.24. The van der Waals surface area contributed by atoms with Crippen molar-refractivity contribution >= 4 is 62.9 Å². The van der Waals surface area contributed by atoms with Gasteiger partial charge in [-0.05, 0) is 30.5 Å². The lowest BCUT2D eigenvalue weighted by molar-refractivity contribution is -0.124. The molecule has 0 saturated heterocycles. The second-order valence-corrected chi connectivity index (χ2v) is 8.43. The highest BCUT2D eigenvalue weighted by Crippen LogP contribution is 2.40. The van der Waals surface area contributed by atoms with Gasteiger partial charge in [-0.3, -0.25) is 14.9 Å². The van der Waals surface area contributed by atoms with E-state index in [4.69, 9.17) is 0 Å². The van der Waals surface area contributed by atoms with E-state index in [0.29, 0.717) is 22.0 Å². The van der Waals surface area contributed by atoms with Crippen LogP contribution in [0.1, 0.15) is 6.92 Å². The molecule has 1 aliphatic heterocycles. The number of nitrogens with one attached hydrogen (secondary N) is 2. The zero-order valence-electron chi connectivity index (χ0n) is 15.9. The average Bonchev–Trinajstić information content (AvgIpc) is 3.44. The molecule has 3 aromatic heterocycles. The first-order valence-corrected chi connectivity index (χ1v) is 10.7. The summed E-state index contributed by atoms with van der Waals surface area (Å²) < 4.78 is 13.8. The molecule has 4 heterocycles. The van der Waals surface area contributed by atoms with Gasteiger partial charge in [0.15, 0.2) is 5.82 Å². The first-order chi connectivity index (χ1) is 14.5. The lowest BCUT2D eigenvalue weighted by atomic mass is 10.1. The van der Waals surface area contributed by atoms with Crippen molar-refractivity contribution in [2.45, 2.75) is 6.92 Å². The number of carbonyl (C=O) groups excluding carboxylic acids is 2. The summed E-state index contributed by atoms with van der Waals surface area (Å²) in [4.78, 5) is 35.1. The van der Waals surface area contributed by atoms with Crippen LogP contribution >= 0.6 is 35.1 Å². The van der Waals surface area contributed by atoms with Gasteiger partial charge in [0, 0.05) is 27.0 Å². The van der Waals surface area contributed by atoms with Crippen molar-refractivity contribution in [2.75, 3.05) is 5.32 Å². The molecule has 6 nitrogen and oxygen atoms in total. The predicted octanol–water partition coefficient (Wildman–Crippen LogP) is 4.99. The molecule has 10 heteroatoms. The minimum Gasteiger partial charge on any atom is -0.335 e. The maximum Gasteiger partial charge on any atom is 0.275 e. The van der Waals surface area contributed by atoms with Crippen molar-refractivity contribution < 1.29 is 14.0 Å². The van der Waals surface area contributed by atoms with E-state index in [-0.39, 0.29) is 23.7 Å². The molecule has 0 fully saturated rings. The van der Waals surface area contributed by atoms with E-state index >= 15 is 0 Å². The normalized spacial score (nSPS) is 13.5. The Morgan fingerprint density at radius 1 is 1.06 bits per heavy atom. The number of nitrogens with zero attached hydrogens (tertiary/aromatic N) is 2. The van der Waals surface area contributed by atoms with Gasteiger partial charge in [0.05, 0.1) is 5.39 Å². The van der Waals surface area contributed by atoms with E-state index in [1.165, 1.54) is 23.5 Å². The van der Waals surface area contributed by atoms with Crippen molar-refractivity contribution in [2.24, 2.45) is 0 Å². The van der Waals surface area contributed by atoms with Crippen LogP contribution in [0.2, 0.25) is 0 Å². The third-order valence-electron chi connectivity index (χ3n) is 4.72. The Labute approximate surface area is 190 Å². The summed E-state index contributed by atoms with van der Waals surface area (Å²) in [6.45, 7) is 1.57. The molecule has 156 valence electrons. The zero-order valence-corrected chi connectivity index (χ0v) is 18.4. The van der Waals surface area contributed by atoms with Crippen LogP contribution in [0.15, 0.2) is 58.4 Å². The molecule has 2 amide bonds. The number of rotatable bonds is 4. The fourth-order valence-corrected chi connectivity index (χ4v) is 4.98. The molecule has 4 aromatic rings. The van der Waals surface area contributed by atoms with Gasteiger partial charge in [-0.15, -0.1) is 35.1 Å². The van der Waals surface area contributed by atoms with Crippen molar-refractivity contribution in [1.82, 2.24) is 15.3 Å². The predicted molar refractivity (Wildman–Crippen MR) is 123 cm³/mol. The smallest absolute Gasteiger partial charge is 0.275 e. The van der Waals surface area contributed by atoms with E-state index in [2.05, 4.69) is 20.6 Å². The second kappa shape index (κ2) is 8.18. The Balaban J connectivity index is 0.00000231. The largest absolute Gasteiger partial charge is 0.335 e. The van der Waals surface area contributed by atoms with E-state index in [1.807, 2.05) is 22.9 Å². The number of amides is 2. The number of imide groups is 1. The van der Waals surface area contributed by atoms with Crippen molar-refractivity contribution in [1.29, 1.82) is 0 Å². The average molecular weight is 473 g/mol. The monoisotopic (exact) mass is 472 g/mol. The molecule has 1 aromatic carbocycles. The Morgan fingerprint density at radius 3 is 2.58 bits per heavy atom. The topological polar surface area (TPSA) is 84.0 Å². The minimum absolute atomic E-state index is 0. The molecule has 0 saturated carbocycles. The Kier molecular flexibility index (Phi) is 5.57. The standard InChI is InChI=1S/C21H13FN4O2S2.ClH/c1-10-16(20(28)26-19(10)27)23-18-15-13(14-6-3-7-29-14)9-30-21(15)25-17(24-18)11-4-2-5-12(22)8-11;/h2-9H,1H3,(H2,23,24,25,26,27,28);1H. The molecule has 0 bridgehead atoms. The summed E-state index contributed by atoms with van der Waals surface area (Å²) in [7, 11) is 0. The first-order valence-electron chi connectivity index (χ1n) is 8.94. The number of hydrogen-bond donors (Lipinski definition) is 2. The van der Waals surface area contributed by atoms with Crippen LogP contribution in [0.25, 0.3) is 32.0 Å². The van der Waals surface area contributed by atoms with Crippen molar-refractivity contribution in [3.05, 3.63) is 64.2 Å². The van der Waals surface area contributed by atoms with Gasteiger partial charge < -0.3 is 5.32 Å². The number of benzene rings is 1. The highest BCUT2D eigenvalue weighted by Gasteiger charge is 2.29. The van der Waals surface area contributed by atoms with Gasteiger partial charge in [-0.25, -0.2) is 14.4 Å². The van der Waals surface area contributed by atoms with E-state index in [9.17, 15) is 14.0 Å². The maximum absolute atomic E-state index is 13.8. The zero-order chi connectivity index (χ0) is 20.8.